The SMILES string of the molecule is CN=C(NCc1ccccc1OCC(C)C)N1CCC(C)C(n2ccnc2)C1.I. The van der Waals surface area contributed by atoms with Gasteiger partial charge in [0.15, 0.2) is 5.96 Å². The van der Waals surface area contributed by atoms with E-state index >= 15 is 0 Å². The number of benzene rings is 1. The van der Waals surface area contributed by atoms with Crippen LogP contribution < -0.4 is 10.1 Å². The Morgan fingerprint density at radius 2 is 2.14 bits per heavy atom. The van der Waals surface area contributed by atoms with Gasteiger partial charge < -0.3 is 19.5 Å². The van der Waals surface area contributed by atoms with Crippen molar-refractivity contribution < 1.29 is 4.74 Å². The summed E-state index contributed by atoms with van der Waals surface area (Å²) >= 11 is 0. The molecule has 1 aromatic carbocycles. The summed E-state index contributed by atoms with van der Waals surface area (Å²) in [4.78, 5) is 11.1. The number of aromatic nitrogens is 2. The van der Waals surface area contributed by atoms with Gasteiger partial charge in [-0.05, 0) is 24.3 Å². The average molecular weight is 511 g/mol. The second-order valence-electron chi connectivity index (χ2n) is 8.00. The normalized spacial score (nSPS) is 19.8. The number of nitrogens with one attached hydrogen (secondary N) is 1. The predicted octanol–water partition coefficient (Wildman–Crippen LogP) is 4.19. The smallest absolute Gasteiger partial charge is 0.193 e. The molecule has 2 atom stereocenters. The number of guanidine groups is 1. The zero-order chi connectivity index (χ0) is 19.9. The topological polar surface area (TPSA) is 54.7 Å². The van der Waals surface area contributed by atoms with Gasteiger partial charge in [-0.1, -0.05) is 39.0 Å². The fourth-order valence-corrected chi connectivity index (χ4v) is 3.65. The van der Waals surface area contributed by atoms with E-state index in [0.29, 0.717) is 24.4 Å². The Balaban J connectivity index is 0.00000300. The molecule has 29 heavy (non-hydrogen) atoms. The molecule has 160 valence electrons. The molecule has 1 aliphatic rings. The number of piperidine rings is 1. The molecule has 0 saturated carbocycles. The first-order chi connectivity index (χ1) is 13.6. The van der Waals surface area contributed by atoms with Crippen molar-refractivity contribution in [3.8, 4) is 5.75 Å². The number of nitrogens with zero attached hydrogens (tertiary/aromatic N) is 4. The molecular formula is C22H34IN5O. The molecule has 1 saturated heterocycles. The van der Waals surface area contributed by atoms with Gasteiger partial charge in [0.25, 0.3) is 0 Å². The lowest BCUT2D eigenvalue weighted by Gasteiger charge is -2.39. The maximum atomic E-state index is 5.99. The molecule has 1 aromatic heterocycles. The van der Waals surface area contributed by atoms with E-state index in [2.05, 4.69) is 63.9 Å². The lowest BCUT2D eigenvalue weighted by molar-refractivity contribution is 0.189. The molecule has 1 aliphatic heterocycles. The lowest BCUT2D eigenvalue weighted by atomic mass is 9.93. The van der Waals surface area contributed by atoms with Crippen molar-refractivity contribution in [3.63, 3.8) is 0 Å². The quantitative estimate of drug-likeness (QED) is 0.359. The van der Waals surface area contributed by atoms with Crippen molar-refractivity contribution in [2.45, 2.75) is 39.8 Å². The minimum absolute atomic E-state index is 0. The highest BCUT2D eigenvalue weighted by molar-refractivity contribution is 14.0. The van der Waals surface area contributed by atoms with Gasteiger partial charge in [-0.2, -0.15) is 0 Å². The van der Waals surface area contributed by atoms with Gasteiger partial charge in [-0.15, -0.1) is 24.0 Å². The first kappa shape index (κ1) is 23.5. The van der Waals surface area contributed by atoms with E-state index in [9.17, 15) is 0 Å². The number of hydrogen-bond donors (Lipinski definition) is 1. The largest absolute Gasteiger partial charge is 0.493 e. The number of aliphatic imine (C=N–C) groups is 1. The molecule has 2 heterocycles. The summed E-state index contributed by atoms with van der Waals surface area (Å²) in [5.74, 6) is 3.01. The molecule has 2 aromatic rings. The van der Waals surface area contributed by atoms with Gasteiger partial charge in [-0.3, -0.25) is 4.99 Å². The zero-order valence-electron chi connectivity index (χ0n) is 17.9. The Morgan fingerprint density at radius 1 is 1.34 bits per heavy atom. The number of likely N-dealkylation sites (tertiary alicyclic amines) is 1. The molecular weight excluding hydrogens is 477 g/mol. The standard InChI is InChI=1S/C22H33N5O.HI/c1-17(2)15-28-21-8-6-5-7-19(21)13-25-22(23-4)26-11-9-18(3)20(14-26)27-12-10-24-16-27;/h5-8,10,12,16-18,20H,9,11,13-15H2,1-4H3,(H,23,25);1H. The van der Waals surface area contributed by atoms with Crippen LogP contribution in [0.4, 0.5) is 0 Å². The monoisotopic (exact) mass is 511 g/mol. The predicted molar refractivity (Wildman–Crippen MR) is 129 cm³/mol. The van der Waals surface area contributed by atoms with Crippen LogP contribution in [0.25, 0.3) is 0 Å². The van der Waals surface area contributed by atoms with Gasteiger partial charge >= 0.3 is 0 Å². The summed E-state index contributed by atoms with van der Waals surface area (Å²) in [6.45, 7) is 10.0. The summed E-state index contributed by atoms with van der Waals surface area (Å²) in [6.07, 6.45) is 6.97. The van der Waals surface area contributed by atoms with Crippen LogP contribution in [0.5, 0.6) is 5.75 Å². The maximum absolute atomic E-state index is 5.99. The van der Waals surface area contributed by atoms with E-state index in [4.69, 9.17) is 4.74 Å². The summed E-state index contributed by atoms with van der Waals surface area (Å²) in [5.41, 5.74) is 1.15. The summed E-state index contributed by atoms with van der Waals surface area (Å²) in [5, 5.41) is 3.54. The number of para-hydroxylation sites is 1. The molecule has 1 N–H and O–H groups in total. The van der Waals surface area contributed by atoms with E-state index in [-0.39, 0.29) is 24.0 Å². The van der Waals surface area contributed by atoms with Crippen molar-refractivity contribution in [1.82, 2.24) is 19.8 Å². The van der Waals surface area contributed by atoms with Gasteiger partial charge in [-0.25, -0.2) is 4.98 Å². The maximum Gasteiger partial charge on any atom is 0.193 e. The van der Waals surface area contributed by atoms with Gasteiger partial charge in [0.2, 0.25) is 0 Å². The van der Waals surface area contributed by atoms with E-state index in [1.165, 1.54) is 0 Å². The van der Waals surface area contributed by atoms with Crippen molar-refractivity contribution in [3.05, 3.63) is 48.5 Å². The Bertz CT molecular complexity index is 762. The van der Waals surface area contributed by atoms with E-state index in [0.717, 1.165) is 43.4 Å². The van der Waals surface area contributed by atoms with Gasteiger partial charge in [0.05, 0.1) is 19.0 Å². The lowest BCUT2D eigenvalue weighted by Crippen LogP contribution is -2.48. The molecule has 0 bridgehead atoms. The van der Waals surface area contributed by atoms with E-state index in [1.54, 1.807) is 0 Å². The Hall–Kier alpha value is -1.77. The molecule has 0 radical (unpaired) electrons. The Labute approximate surface area is 191 Å². The molecule has 2 unspecified atom stereocenters. The Kier molecular flexibility index (Phi) is 9.26. The van der Waals surface area contributed by atoms with Crippen LogP contribution in [0.2, 0.25) is 0 Å². The fraction of sp³-hybridized carbons (Fsp3) is 0.545. The highest BCUT2D eigenvalue weighted by Gasteiger charge is 2.28. The highest BCUT2D eigenvalue weighted by atomic mass is 127. The third kappa shape index (κ3) is 6.35. The molecule has 0 amide bonds. The van der Waals surface area contributed by atoms with Crippen molar-refractivity contribution in [2.75, 3.05) is 26.7 Å². The first-order valence-corrected chi connectivity index (χ1v) is 10.2. The molecule has 0 aliphatic carbocycles. The van der Waals surface area contributed by atoms with Crippen LogP contribution in [0, 0.1) is 11.8 Å². The molecule has 6 nitrogen and oxygen atoms in total. The summed E-state index contributed by atoms with van der Waals surface area (Å²) in [6, 6.07) is 8.65. The molecule has 3 rings (SSSR count). The van der Waals surface area contributed by atoms with Gasteiger partial charge in [0.1, 0.15) is 5.75 Å². The van der Waals surface area contributed by atoms with E-state index < -0.39 is 0 Å². The first-order valence-electron chi connectivity index (χ1n) is 10.2. The van der Waals surface area contributed by atoms with Crippen molar-refractivity contribution in [1.29, 1.82) is 0 Å². The molecule has 0 spiro atoms. The molecule has 1 fully saturated rings. The van der Waals surface area contributed by atoms with Crippen molar-refractivity contribution in [2.24, 2.45) is 16.8 Å². The minimum Gasteiger partial charge on any atom is -0.493 e. The fourth-order valence-electron chi connectivity index (χ4n) is 3.65. The van der Waals surface area contributed by atoms with Crippen molar-refractivity contribution >= 4 is 29.9 Å². The molecule has 7 heteroatoms. The number of imidazole rings is 1. The van der Waals surface area contributed by atoms with Crippen LogP contribution in [0.3, 0.4) is 0 Å². The zero-order valence-corrected chi connectivity index (χ0v) is 20.2. The van der Waals surface area contributed by atoms with E-state index in [1.807, 2.05) is 31.7 Å². The number of hydrogen-bond acceptors (Lipinski definition) is 3. The minimum atomic E-state index is 0. The van der Waals surface area contributed by atoms with Crippen LogP contribution in [0.15, 0.2) is 48.0 Å². The summed E-state index contributed by atoms with van der Waals surface area (Å²) in [7, 11) is 1.85. The number of ether oxygens (including phenoxy) is 1. The van der Waals surface area contributed by atoms with Crippen LogP contribution in [-0.2, 0) is 6.54 Å². The summed E-state index contributed by atoms with van der Waals surface area (Å²) < 4.78 is 8.21. The average Bonchev–Trinajstić information content (AvgIpc) is 3.23. The van der Waals surface area contributed by atoms with Gasteiger partial charge in [0, 0.05) is 44.6 Å². The third-order valence-corrected chi connectivity index (χ3v) is 5.32. The van der Waals surface area contributed by atoms with Crippen LogP contribution in [0.1, 0.15) is 38.8 Å². The number of halogens is 1. The van der Waals surface area contributed by atoms with Crippen LogP contribution >= 0.6 is 24.0 Å². The van der Waals surface area contributed by atoms with Crippen LogP contribution in [-0.4, -0.2) is 47.2 Å². The second-order valence-corrected chi connectivity index (χ2v) is 8.00. The Morgan fingerprint density at radius 3 is 2.83 bits per heavy atom. The second kappa shape index (κ2) is 11.4. The third-order valence-electron chi connectivity index (χ3n) is 5.32. The highest BCUT2D eigenvalue weighted by Crippen LogP contribution is 2.27. The number of rotatable bonds is 6.